The molecule has 4 heterocycles. The maximum Gasteiger partial charge on any atom is 0.430 e. The number of benzene rings is 4. The molecule has 0 bridgehead atoms. The van der Waals surface area contributed by atoms with Crippen molar-refractivity contribution in [3.63, 3.8) is 0 Å². The van der Waals surface area contributed by atoms with Crippen LogP contribution in [0.2, 0.25) is 0 Å². The molecule has 0 fully saturated rings. The Morgan fingerprint density at radius 1 is 0.662 bits per heavy atom. The molecule has 0 saturated heterocycles. The fourth-order valence-electron chi connectivity index (χ4n) is 9.49. The Balaban J connectivity index is 1.55. The van der Waals surface area contributed by atoms with Gasteiger partial charge in [-0.25, -0.2) is 0 Å². The lowest BCUT2D eigenvalue weighted by molar-refractivity contribution is -0.394. The van der Waals surface area contributed by atoms with Crippen LogP contribution in [-0.4, -0.2) is 34.8 Å². The van der Waals surface area contributed by atoms with Gasteiger partial charge in [0, 0.05) is 50.9 Å². The number of aliphatic imine (C=N–C) groups is 1. The summed E-state index contributed by atoms with van der Waals surface area (Å²) in [7, 11) is 0. The molecule has 8 rings (SSSR count). The normalized spacial score (nSPS) is 17.4. The topological polar surface area (TPSA) is 33.0 Å². The molecule has 0 spiro atoms. The van der Waals surface area contributed by atoms with Crippen molar-refractivity contribution in [1.82, 2.24) is 4.57 Å². The van der Waals surface area contributed by atoms with Crippen molar-refractivity contribution in [3.8, 4) is 0 Å². The Morgan fingerprint density at radius 2 is 1.18 bits per heavy atom. The molecule has 0 saturated carbocycles. The van der Waals surface area contributed by atoms with Crippen LogP contribution in [0, 0.1) is 13.8 Å². The number of nitrogens with zero attached hydrogens (tertiary/aromatic N) is 4. The number of halogens is 6. The predicted octanol–water partition coefficient (Wildman–Crippen LogP) is 12.7. The average molecular weight is 889 g/mol. The van der Waals surface area contributed by atoms with E-state index in [0.29, 0.717) is 22.8 Å². The fourth-order valence-corrected chi connectivity index (χ4v) is 9.49. The summed E-state index contributed by atoms with van der Waals surface area (Å²) in [6.07, 6.45) is -0.361. The number of hydrogen-bond donors (Lipinski definition) is 0. The molecule has 3 aliphatic heterocycles. The molecule has 0 N–H and O–H groups in total. The molecule has 5 aromatic rings. The lowest BCUT2D eigenvalue weighted by atomic mass is 9.81. The van der Waals surface area contributed by atoms with Crippen molar-refractivity contribution in [1.29, 1.82) is 0 Å². The molecule has 3 aliphatic rings. The van der Waals surface area contributed by atoms with Gasteiger partial charge in [-0.1, -0.05) is 151 Å². The van der Waals surface area contributed by atoms with Crippen LogP contribution >= 0.6 is 0 Å². The number of para-hydroxylation sites is 1. The average Bonchev–Trinajstić information content (AvgIpc) is 3.58. The minimum atomic E-state index is -5.98. The zero-order valence-electron chi connectivity index (χ0n) is 37.8. The molecule has 4 aromatic carbocycles. The molecule has 2 unspecified atom stereocenters. The molecule has 0 amide bonds. The van der Waals surface area contributed by atoms with Gasteiger partial charge in [-0.15, -0.1) is 0 Å². The molecule has 5 nitrogen and oxygen atoms in total. The maximum absolute atomic E-state index is 16.1. The van der Waals surface area contributed by atoms with Crippen LogP contribution < -0.4 is 20.2 Å². The summed E-state index contributed by atoms with van der Waals surface area (Å²) < 4.78 is 105. The van der Waals surface area contributed by atoms with Crippen molar-refractivity contribution in [3.05, 3.63) is 184 Å². The molecule has 0 radical (unpaired) electrons. The Labute approximate surface area is 377 Å². The monoisotopic (exact) mass is 888 g/mol. The van der Waals surface area contributed by atoms with E-state index >= 15 is 26.3 Å². The zero-order valence-corrected chi connectivity index (χ0v) is 37.8. The highest BCUT2D eigenvalue weighted by atomic mass is 19.4. The number of ether oxygens (including phenoxy) is 1. The number of anilines is 2. The summed E-state index contributed by atoms with van der Waals surface area (Å²) in [4.78, 5) is 9.55. The van der Waals surface area contributed by atoms with Gasteiger partial charge in [0.05, 0.1) is 29.3 Å². The van der Waals surface area contributed by atoms with Gasteiger partial charge in [-0.2, -0.15) is 26.3 Å². The first-order valence-corrected chi connectivity index (χ1v) is 22.0. The number of hydrogen-bond acceptors (Lipinski definition) is 4. The van der Waals surface area contributed by atoms with Crippen LogP contribution in [0.4, 0.5) is 43.4 Å². The predicted molar refractivity (Wildman–Crippen MR) is 250 cm³/mol. The Morgan fingerprint density at radius 3 is 1.72 bits per heavy atom. The Bertz CT molecular complexity index is 2770. The van der Waals surface area contributed by atoms with Crippen molar-refractivity contribution < 1.29 is 31.1 Å². The van der Waals surface area contributed by atoms with Crippen LogP contribution in [-0.2, 0) is 22.3 Å². The van der Waals surface area contributed by atoms with Gasteiger partial charge < -0.3 is 19.1 Å². The minimum Gasteiger partial charge on any atom is -0.346 e. The SMILES string of the molecule is Cc1ccc(C)n1CC(OC(c1ccccc1)(C(F)(F)F)C(F)(F)F)C(=Nc1c(C(C)C)cccc1C(C)C)C1/C(=C\C(C)(C)c2ccccc2)N2C=CC=c3ccc4c(c32)N1C=CC=4. The van der Waals surface area contributed by atoms with E-state index < -0.39 is 47.6 Å². The van der Waals surface area contributed by atoms with Crippen molar-refractivity contribution in [2.75, 3.05) is 9.80 Å². The van der Waals surface area contributed by atoms with Gasteiger partial charge in [-0.3, -0.25) is 4.99 Å². The van der Waals surface area contributed by atoms with Crippen LogP contribution in [0.25, 0.3) is 12.2 Å². The highest BCUT2D eigenvalue weighted by Gasteiger charge is 2.74. The lowest BCUT2D eigenvalue weighted by Gasteiger charge is -2.48. The zero-order chi connectivity index (χ0) is 46.6. The molecule has 65 heavy (non-hydrogen) atoms. The molecule has 0 aliphatic carbocycles. The van der Waals surface area contributed by atoms with Crippen LogP contribution in [0.1, 0.15) is 87.0 Å². The van der Waals surface area contributed by atoms with Crippen molar-refractivity contribution in [2.45, 2.75) is 109 Å². The highest BCUT2D eigenvalue weighted by Crippen LogP contribution is 2.54. The number of aryl methyl sites for hydroxylation is 2. The summed E-state index contributed by atoms with van der Waals surface area (Å²) in [6.45, 7) is 15.2. The van der Waals surface area contributed by atoms with Crippen LogP contribution in [0.5, 0.6) is 0 Å². The van der Waals surface area contributed by atoms with E-state index in [2.05, 4.69) is 19.9 Å². The summed E-state index contributed by atoms with van der Waals surface area (Å²) in [5, 5.41) is 1.73. The quantitative estimate of drug-likeness (QED) is 0.0924. The second kappa shape index (κ2) is 17.1. The van der Waals surface area contributed by atoms with E-state index in [0.717, 1.165) is 50.6 Å². The molecular formula is C54H54F6N4O. The van der Waals surface area contributed by atoms with E-state index in [4.69, 9.17) is 9.73 Å². The van der Waals surface area contributed by atoms with Gasteiger partial charge in [0.25, 0.3) is 5.60 Å². The lowest BCUT2D eigenvalue weighted by Crippen LogP contribution is -2.61. The van der Waals surface area contributed by atoms with Gasteiger partial charge >= 0.3 is 12.4 Å². The second-order valence-corrected chi connectivity index (χ2v) is 18.3. The van der Waals surface area contributed by atoms with Gasteiger partial charge in [-0.05, 0) is 66.7 Å². The third-order valence-electron chi connectivity index (χ3n) is 12.9. The first-order valence-electron chi connectivity index (χ1n) is 22.0. The van der Waals surface area contributed by atoms with E-state index in [-0.39, 0.29) is 17.5 Å². The largest absolute Gasteiger partial charge is 0.430 e. The van der Waals surface area contributed by atoms with Crippen LogP contribution in [0.15, 0.2) is 144 Å². The van der Waals surface area contributed by atoms with E-state index in [9.17, 15) is 0 Å². The number of allylic oxidation sites excluding steroid dienone is 3. The molecular weight excluding hydrogens is 835 g/mol. The number of alkyl halides is 6. The van der Waals surface area contributed by atoms with E-state index in [1.165, 1.54) is 18.2 Å². The van der Waals surface area contributed by atoms with E-state index in [1.807, 2.05) is 135 Å². The first-order chi connectivity index (χ1) is 30.7. The Hall–Kier alpha value is -6.07. The highest BCUT2D eigenvalue weighted by molar-refractivity contribution is 6.05. The van der Waals surface area contributed by atoms with Crippen LogP contribution in [0.3, 0.4) is 0 Å². The van der Waals surface area contributed by atoms with Gasteiger partial charge in [0.1, 0.15) is 12.1 Å². The first kappa shape index (κ1) is 45.5. The summed E-state index contributed by atoms with van der Waals surface area (Å²) in [5.41, 5.74) is -0.126. The molecule has 2 atom stereocenters. The third kappa shape index (κ3) is 8.06. The maximum atomic E-state index is 16.1. The summed E-state index contributed by atoms with van der Waals surface area (Å²) in [6, 6.07) is 27.5. The number of rotatable bonds is 12. The Kier molecular flexibility index (Phi) is 11.9. The summed E-state index contributed by atoms with van der Waals surface area (Å²) >= 11 is 0. The molecule has 11 heteroatoms. The fraction of sp³-hybridized carbons (Fsp3) is 0.315. The van der Waals surface area contributed by atoms with Gasteiger partial charge in [0.15, 0.2) is 0 Å². The van der Waals surface area contributed by atoms with E-state index in [1.54, 1.807) is 30.5 Å². The second-order valence-electron chi connectivity index (χ2n) is 18.3. The molecule has 1 aromatic heterocycles. The smallest absolute Gasteiger partial charge is 0.346 e. The summed E-state index contributed by atoms with van der Waals surface area (Å²) in [5.74, 6) is -0.233. The third-order valence-corrected chi connectivity index (χ3v) is 12.9. The van der Waals surface area contributed by atoms with Crippen molar-refractivity contribution >= 4 is 34.9 Å². The van der Waals surface area contributed by atoms with Gasteiger partial charge in [0.2, 0.25) is 0 Å². The van der Waals surface area contributed by atoms with Crippen molar-refractivity contribution in [2.24, 2.45) is 4.99 Å². The number of aromatic nitrogens is 1. The minimum absolute atomic E-state index is 0.0204. The standard InChI is InChI=1S/C54H54F6N4O/c1-34(2)42-24-15-25-43(35(3)4)46(42)61-47(45(33-64-36(5)26-27-37(64)6)65-52(53(55,56)57,54(58,59)60)41-22-13-10-14-23-41)50-44(32-51(7,8)40-20-11-9-12-21-40)62-30-16-18-38-28-29-39-19-17-31-63(50)49(39)48(38)62/h9-32,34-35,45,50H,33H2,1-8H3/b44-32+,61-47?. The molecule has 338 valence electrons.